The predicted octanol–water partition coefficient (Wildman–Crippen LogP) is 3.87. The van der Waals surface area contributed by atoms with Crippen LogP contribution in [0.25, 0.3) is 11.1 Å². The molecule has 1 aliphatic carbocycles. The molecular weight excluding hydrogens is 316 g/mol. The van der Waals surface area contributed by atoms with Crippen molar-refractivity contribution in [3.63, 3.8) is 0 Å². The Morgan fingerprint density at radius 1 is 0.960 bits per heavy atom. The summed E-state index contributed by atoms with van der Waals surface area (Å²) < 4.78 is 5.35. The molecule has 5 heteroatoms. The Kier molecular flexibility index (Phi) is 5.33. The second-order valence-corrected chi connectivity index (χ2v) is 6.34. The number of hydrogen-bond acceptors (Lipinski definition) is 3. The van der Waals surface area contributed by atoms with Gasteiger partial charge in [0.15, 0.2) is 0 Å². The molecule has 0 aliphatic heterocycles. The number of carbonyl (C=O) groups is 2. The summed E-state index contributed by atoms with van der Waals surface area (Å²) in [6.07, 6.45) is 5.18. The summed E-state index contributed by atoms with van der Waals surface area (Å²) in [5, 5.41) is 2.92. The molecule has 0 atom stereocenters. The molecule has 0 radical (unpaired) electrons. The van der Waals surface area contributed by atoms with Crippen molar-refractivity contribution in [2.45, 2.75) is 38.1 Å². The van der Waals surface area contributed by atoms with Gasteiger partial charge in [0.05, 0.1) is 0 Å². The number of rotatable bonds is 4. The molecule has 25 heavy (non-hydrogen) atoms. The van der Waals surface area contributed by atoms with Crippen molar-refractivity contribution in [2.75, 3.05) is 0 Å². The molecule has 3 N–H and O–H groups in total. The van der Waals surface area contributed by atoms with E-state index in [1.807, 2.05) is 18.2 Å². The Morgan fingerprint density at radius 3 is 2.36 bits per heavy atom. The fourth-order valence-corrected chi connectivity index (χ4v) is 3.12. The van der Waals surface area contributed by atoms with Gasteiger partial charge in [0, 0.05) is 11.6 Å². The van der Waals surface area contributed by atoms with Crippen molar-refractivity contribution in [1.29, 1.82) is 0 Å². The summed E-state index contributed by atoms with van der Waals surface area (Å²) in [5.74, 6) is 0.0318. The zero-order valence-corrected chi connectivity index (χ0v) is 14.0. The second-order valence-electron chi connectivity index (χ2n) is 6.34. The van der Waals surface area contributed by atoms with Crippen LogP contribution >= 0.6 is 0 Å². The molecule has 2 aromatic carbocycles. The van der Waals surface area contributed by atoms with Crippen molar-refractivity contribution in [3.05, 3.63) is 54.1 Å². The minimum absolute atomic E-state index is 0.220. The van der Waals surface area contributed by atoms with Crippen LogP contribution in [-0.2, 0) is 0 Å². The van der Waals surface area contributed by atoms with Crippen LogP contribution in [0.2, 0.25) is 0 Å². The maximum absolute atomic E-state index is 12.0. The molecule has 0 bridgehead atoms. The van der Waals surface area contributed by atoms with Gasteiger partial charge >= 0.3 is 6.09 Å². The lowest BCUT2D eigenvalue weighted by molar-refractivity contribution is 0.1000. The van der Waals surface area contributed by atoms with Gasteiger partial charge in [-0.05, 0) is 48.2 Å². The number of ether oxygens (including phenoxy) is 1. The van der Waals surface area contributed by atoms with Gasteiger partial charge in [0.2, 0.25) is 5.91 Å². The van der Waals surface area contributed by atoms with Crippen molar-refractivity contribution in [1.82, 2.24) is 5.32 Å². The Bertz CT molecular complexity index is 750. The van der Waals surface area contributed by atoms with Crippen molar-refractivity contribution in [2.24, 2.45) is 5.73 Å². The van der Waals surface area contributed by atoms with E-state index in [1.165, 1.54) is 6.42 Å². The lowest BCUT2D eigenvalue weighted by atomic mass is 9.96. The molecule has 1 aliphatic rings. The third kappa shape index (κ3) is 4.59. The molecule has 130 valence electrons. The van der Waals surface area contributed by atoms with Crippen molar-refractivity contribution in [3.8, 4) is 16.9 Å². The fourth-order valence-electron chi connectivity index (χ4n) is 3.12. The number of benzene rings is 2. The number of amides is 2. The monoisotopic (exact) mass is 338 g/mol. The smallest absolute Gasteiger partial charge is 0.410 e. The van der Waals surface area contributed by atoms with E-state index in [2.05, 4.69) is 5.32 Å². The number of nitrogens with two attached hydrogens (primary N) is 1. The molecule has 0 spiro atoms. The predicted molar refractivity (Wildman–Crippen MR) is 96.4 cm³/mol. The first-order valence-corrected chi connectivity index (χ1v) is 8.60. The minimum atomic E-state index is -0.457. The first-order valence-electron chi connectivity index (χ1n) is 8.60. The molecule has 3 rings (SSSR count). The highest BCUT2D eigenvalue weighted by Gasteiger charge is 2.16. The molecule has 0 saturated heterocycles. The van der Waals surface area contributed by atoms with Crippen molar-refractivity contribution < 1.29 is 14.3 Å². The SMILES string of the molecule is NC(=O)c1cccc(-c2ccc(OC(=O)NC3CCCCC3)cc2)c1. The molecule has 2 aromatic rings. The van der Waals surface area contributed by atoms with E-state index in [-0.39, 0.29) is 6.04 Å². The maximum Gasteiger partial charge on any atom is 0.412 e. The Morgan fingerprint density at radius 2 is 1.68 bits per heavy atom. The number of primary amides is 1. The highest BCUT2D eigenvalue weighted by Crippen LogP contribution is 2.23. The fraction of sp³-hybridized carbons (Fsp3) is 0.300. The second kappa shape index (κ2) is 7.83. The van der Waals surface area contributed by atoms with Gasteiger partial charge in [-0.2, -0.15) is 0 Å². The molecule has 1 saturated carbocycles. The molecular formula is C20H22N2O3. The summed E-state index contributed by atoms with van der Waals surface area (Å²) >= 11 is 0. The topological polar surface area (TPSA) is 81.4 Å². The third-order valence-electron chi connectivity index (χ3n) is 4.47. The lowest BCUT2D eigenvalue weighted by Crippen LogP contribution is -2.37. The lowest BCUT2D eigenvalue weighted by Gasteiger charge is -2.22. The van der Waals surface area contributed by atoms with E-state index < -0.39 is 12.0 Å². The first kappa shape index (κ1) is 17.0. The maximum atomic E-state index is 12.0. The molecule has 5 nitrogen and oxygen atoms in total. The number of carbonyl (C=O) groups excluding carboxylic acids is 2. The van der Waals surface area contributed by atoms with Gasteiger partial charge in [-0.1, -0.05) is 43.5 Å². The number of nitrogens with one attached hydrogen (secondary N) is 1. The van der Waals surface area contributed by atoms with Gasteiger partial charge in [0.25, 0.3) is 0 Å². The normalized spacial score (nSPS) is 14.7. The Balaban J connectivity index is 1.63. The quantitative estimate of drug-likeness (QED) is 0.888. The molecule has 2 amide bonds. The van der Waals surface area contributed by atoms with E-state index >= 15 is 0 Å². The van der Waals surface area contributed by atoms with Gasteiger partial charge in [-0.25, -0.2) is 4.79 Å². The Hall–Kier alpha value is -2.82. The van der Waals surface area contributed by atoms with E-state index in [9.17, 15) is 9.59 Å². The molecule has 0 unspecified atom stereocenters. The highest BCUT2D eigenvalue weighted by atomic mass is 16.6. The zero-order valence-electron chi connectivity index (χ0n) is 14.0. The van der Waals surface area contributed by atoms with E-state index in [0.29, 0.717) is 11.3 Å². The van der Waals surface area contributed by atoms with Crippen LogP contribution in [0.15, 0.2) is 48.5 Å². The van der Waals surface area contributed by atoms with Crippen LogP contribution in [0.3, 0.4) is 0 Å². The minimum Gasteiger partial charge on any atom is -0.410 e. The summed E-state index contributed by atoms with van der Waals surface area (Å²) in [4.78, 5) is 23.3. The van der Waals surface area contributed by atoms with Crippen LogP contribution in [0, 0.1) is 0 Å². The largest absolute Gasteiger partial charge is 0.412 e. The van der Waals surface area contributed by atoms with Gasteiger partial charge in [-0.15, -0.1) is 0 Å². The van der Waals surface area contributed by atoms with Gasteiger partial charge in [0.1, 0.15) is 5.75 Å². The van der Waals surface area contributed by atoms with E-state index in [1.54, 1.807) is 30.3 Å². The van der Waals surface area contributed by atoms with Crippen molar-refractivity contribution >= 4 is 12.0 Å². The molecule has 0 aromatic heterocycles. The standard InChI is InChI=1S/C20H22N2O3/c21-19(23)16-6-4-5-15(13-16)14-9-11-18(12-10-14)25-20(24)22-17-7-2-1-3-8-17/h4-6,9-13,17H,1-3,7-8H2,(H2,21,23)(H,22,24). The summed E-state index contributed by atoms with van der Waals surface area (Å²) in [6.45, 7) is 0. The van der Waals surface area contributed by atoms with Crippen LogP contribution < -0.4 is 15.8 Å². The average molecular weight is 338 g/mol. The molecule has 0 heterocycles. The van der Waals surface area contributed by atoms with E-state index in [0.717, 1.165) is 36.8 Å². The number of hydrogen-bond donors (Lipinski definition) is 2. The van der Waals surface area contributed by atoms with E-state index in [4.69, 9.17) is 10.5 Å². The third-order valence-corrected chi connectivity index (χ3v) is 4.47. The van der Waals surface area contributed by atoms with Crippen LogP contribution in [0.5, 0.6) is 5.75 Å². The van der Waals surface area contributed by atoms with Crippen LogP contribution in [-0.4, -0.2) is 18.0 Å². The zero-order chi connectivity index (χ0) is 17.6. The molecule has 1 fully saturated rings. The summed E-state index contributed by atoms with van der Waals surface area (Å²) in [7, 11) is 0. The summed E-state index contributed by atoms with van der Waals surface area (Å²) in [5.41, 5.74) is 7.58. The van der Waals surface area contributed by atoms with Gasteiger partial charge in [-0.3, -0.25) is 4.79 Å². The average Bonchev–Trinajstić information content (AvgIpc) is 2.63. The highest BCUT2D eigenvalue weighted by molar-refractivity contribution is 5.94. The van der Waals surface area contributed by atoms with Gasteiger partial charge < -0.3 is 15.8 Å². The van der Waals surface area contributed by atoms with Crippen LogP contribution in [0.4, 0.5) is 4.79 Å². The summed E-state index contributed by atoms with van der Waals surface area (Å²) in [6, 6.07) is 14.5. The first-order chi connectivity index (χ1) is 12.1. The Labute approximate surface area is 147 Å². The van der Waals surface area contributed by atoms with Crippen LogP contribution in [0.1, 0.15) is 42.5 Å².